The molecule has 14 heteroatoms. The maximum atomic E-state index is 13.5. The number of aromatic nitrogens is 6. The summed E-state index contributed by atoms with van der Waals surface area (Å²) in [4.78, 5) is 17.9. The van der Waals surface area contributed by atoms with E-state index < -0.39 is 17.4 Å². The molecule has 3 N–H and O–H groups in total. The van der Waals surface area contributed by atoms with Gasteiger partial charge in [-0.25, -0.2) is 15.0 Å². The summed E-state index contributed by atoms with van der Waals surface area (Å²) in [7, 11) is 0. The van der Waals surface area contributed by atoms with Gasteiger partial charge in [0, 0.05) is 61.1 Å². The zero-order chi connectivity index (χ0) is 30.9. The number of aliphatic hydroxyl groups is 1. The van der Waals surface area contributed by atoms with Gasteiger partial charge in [0.2, 0.25) is 5.88 Å². The first-order chi connectivity index (χ1) is 21.2. The fourth-order valence-corrected chi connectivity index (χ4v) is 6.18. The van der Waals surface area contributed by atoms with Crippen LogP contribution in [0.2, 0.25) is 0 Å². The number of pyridine rings is 1. The van der Waals surface area contributed by atoms with Crippen LogP contribution in [-0.4, -0.2) is 77.6 Å². The molecule has 0 unspecified atom stereocenters. The van der Waals surface area contributed by atoms with E-state index in [-0.39, 0.29) is 37.2 Å². The van der Waals surface area contributed by atoms with Gasteiger partial charge in [-0.05, 0) is 50.3 Å². The fraction of sp³-hybridized carbons (Fsp3) is 0.500. The molecule has 4 aromatic heterocycles. The van der Waals surface area contributed by atoms with Crippen molar-refractivity contribution in [2.45, 2.75) is 75.5 Å². The SMILES string of the molecule is C[C@@H](CO)NCc1cc(O[C@H]2CC[C@@H](N3CC(CC#N)(n4cc(-c5ncnc6[nH]ccc56)cn4)C3)CC2)nc(C(F)(F)F)c1. The smallest absolute Gasteiger partial charge is 0.433 e. The second-order valence-corrected chi connectivity index (χ2v) is 11.8. The Labute approximate surface area is 252 Å². The molecule has 1 atom stereocenters. The van der Waals surface area contributed by atoms with Crippen LogP contribution in [0.1, 0.15) is 50.3 Å². The van der Waals surface area contributed by atoms with E-state index in [0.29, 0.717) is 37.9 Å². The van der Waals surface area contributed by atoms with Crippen molar-refractivity contribution in [2.75, 3.05) is 19.7 Å². The van der Waals surface area contributed by atoms with Crippen LogP contribution in [0.3, 0.4) is 0 Å². The van der Waals surface area contributed by atoms with Gasteiger partial charge in [-0.1, -0.05) is 0 Å². The van der Waals surface area contributed by atoms with Crippen molar-refractivity contribution in [3.63, 3.8) is 0 Å². The first kappa shape index (κ1) is 30.0. The third-order valence-electron chi connectivity index (χ3n) is 8.63. The highest BCUT2D eigenvalue weighted by molar-refractivity contribution is 5.90. The third kappa shape index (κ3) is 6.12. The van der Waals surface area contributed by atoms with Crippen molar-refractivity contribution in [3.8, 4) is 23.2 Å². The minimum absolute atomic E-state index is 0.0381. The Morgan fingerprint density at radius 3 is 2.75 bits per heavy atom. The second-order valence-electron chi connectivity index (χ2n) is 11.8. The molecule has 1 saturated heterocycles. The topological polar surface area (TPSA) is 141 Å². The molecule has 1 aliphatic heterocycles. The van der Waals surface area contributed by atoms with E-state index >= 15 is 0 Å². The number of alkyl halides is 3. The lowest BCUT2D eigenvalue weighted by atomic mass is 9.82. The van der Waals surface area contributed by atoms with Crippen molar-refractivity contribution >= 4 is 11.0 Å². The summed E-state index contributed by atoms with van der Waals surface area (Å²) in [6, 6.07) is 6.84. The third-order valence-corrected chi connectivity index (χ3v) is 8.63. The van der Waals surface area contributed by atoms with Gasteiger partial charge in [0.1, 0.15) is 29.3 Å². The van der Waals surface area contributed by atoms with Crippen LogP contribution in [0.25, 0.3) is 22.3 Å². The highest BCUT2D eigenvalue weighted by atomic mass is 19.4. The average Bonchev–Trinajstić information content (AvgIpc) is 3.68. The first-order valence-corrected chi connectivity index (χ1v) is 14.7. The molecule has 0 radical (unpaired) electrons. The van der Waals surface area contributed by atoms with Crippen LogP contribution in [-0.2, 0) is 18.3 Å². The van der Waals surface area contributed by atoms with E-state index in [1.165, 1.54) is 12.4 Å². The molecular formula is C30H34F3N9O2. The highest BCUT2D eigenvalue weighted by Gasteiger charge is 2.48. The quantitative estimate of drug-likeness (QED) is 0.243. The van der Waals surface area contributed by atoms with Crippen LogP contribution in [0, 0.1) is 11.3 Å². The number of H-pyrrole nitrogens is 1. The summed E-state index contributed by atoms with van der Waals surface area (Å²) in [5.74, 6) is -0.0381. The predicted molar refractivity (Wildman–Crippen MR) is 154 cm³/mol. The molecule has 232 valence electrons. The molecule has 1 aliphatic carbocycles. The maximum Gasteiger partial charge on any atom is 0.433 e. The molecule has 0 aromatic carbocycles. The zero-order valence-corrected chi connectivity index (χ0v) is 24.3. The van der Waals surface area contributed by atoms with Gasteiger partial charge >= 0.3 is 6.18 Å². The lowest BCUT2D eigenvalue weighted by molar-refractivity contribution is -0.141. The highest BCUT2D eigenvalue weighted by Crippen LogP contribution is 2.39. The molecule has 6 rings (SSSR count). The Morgan fingerprint density at radius 1 is 1.23 bits per heavy atom. The maximum absolute atomic E-state index is 13.5. The minimum Gasteiger partial charge on any atom is -0.474 e. The van der Waals surface area contributed by atoms with Gasteiger partial charge in [0.05, 0.1) is 31.0 Å². The van der Waals surface area contributed by atoms with E-state index in [9.17, 15) is 23.5 Å². The van der Waals surface area contributed by atoms with Gasteiger partial charge < -0.3 is 20.1 Å². The van der Waals surface area contributed by atoms with E-state index in [4.69, 9.17) is 4.74 Å². The molecule has 2 aliphatic rings. The normalized spacial score (nSPS) is 21.1. The molecular weight excluding hydrogens is 575 g/mol. The second kappa shape index (κ2) is 12.1. The van der Waals surface area contributed by atoms with E-state index in [1.807, 2.05) is 23.1 Å². The molecule has 44 heavy (non-hydrogen) atoms. The number of aromatic amines is 1. The van der Waals surface area contributed by atoms with E-state index in [2.05, 4.69) is 41.3 Å². The predicted octanol–water partition coefficient (Wildman–Crippen LogP) is 4.02. The van der Waals surface area contributed by atoms with Crippen molar-refractivity contribution in [1.29, 1.82) is 5.26 Å². The number of hydrogen-bond acceptors (Lipinski definition) is 9. The average molecular weight is 610 g/mol. The number of hydrogen-bond donors (Lipinski definition) is 3. The fourth-order valence-electron chi connectivity index (χ4n) is 6.18. The number of nitrogens with zero attached hydrogens (tertiary/aromatic N) is 7. The largest absolute Gasteiger partial charge is 0.474 e. The standard InChI is InChI=1S/C30H34F3N9O2/c1-19(15-43)36-12-20-10-25(30(31,32)33)40-26(11-20)44-23-4-2-22(3-5-23)41-16-29(17-41,7-8-34)42-14-21(13-39-42)27-24-6-9-35-28(24)38-18-37-27/h6,9-11,13-14,18-19,22-23,36,43H,2-5,7,12,15-17H2,1H3,(H,35,37,38)/t19-,22-,23+/m0/s1. The Hall–Kier alpha value is -4.06. The van der Waals surface area contributed by atoms with Gasteiger partial charge in [-0.3, -0.25) is 9.58 Å². The summed E-state index contributed by atoms with van der Waals surface area (Å²) in [6.07, 6.45) is 5.56. The molecule has 0 amide bonds. The van der Waals surface area contributed by atoms with Crippen molar-refractivity contribution in [2.24, 2.45) is 0 Å². The number of halogens is 3. The summed E-state index contributed by atoms with van der Waals surface area (Å²) in [6.45, 7) is 3.14. The van der Waals surface area contributed by atoms with Gasteiger partial charge in [-0.2, -0.15) is 23.5 Å². The number of rotatable bonds is 10. The number of likely N-dealkylation sites (tertiary alicyclic amines) is 1. The molecule has 0 spiro atoms. The number of fused-ring (bicyclic) bond motifs is 1. The minimum atomic E-state index is -4.60. The number of nitriles is 1. The van der Waals surface area contributed by atoms with Crippen LogP contribution >= 0.6 is 0 Å². The molecule has 4 aromatic rings. The Kier molecular flexibility index (Phi) is 8.28. The molecule has 5 heterocycles. The first-order valence-electron chi connectivity index (χ1n) is 14.7. The Morgan fingerprint density at radius 2 is 2.02 bits per heavy atom. The Balaban J connectivity index is 1.08. The number of nitrogens with one attached hydrogen (secondary N) is 2. The Bertz CT molecular complexity index is 1630. The number of aliphatic hydroxyl groups excluding tert-OH is 1. The van der Waals surface area contributed by atoms with Crippen molar-refractivity contribution in [1.82, 2.24) is 39.9 Å². The van der Waals surface area contributed by atoms with Gasteiger partial charge in [0.25, 0.3) is 0 Å². The lowest BCUT2D eigenvalue weighted by Gasteiger charge is -2.53. The summed E-state index contributed by atoms with van der Waals surface area (Å²) in [5, 5.41) is 27.4. The summed E-state index contributed by atoms with van der Waals surface area (Å²) < 4.78 is 48.5. The van der Waals surface area contributed by atoms with Crippen LogP contribution < -0.4 is 10.1 Å². The van der Waals surface area contributed by atoms with Crippen LogP contribution in [0.5, 0.6) is 5.88 Å². The molecule has 2 fully saturated rings. The molecule has 0 bridgehead atoms. The van der Waals surface area contributed by atoms with Crippen LogP contribution in [0.4, 0.5) is 13.2 Å². The summed E-state index contributed by atoms with van der Waals surface area (Å²) in [5.41, 5.74) is 1.34. The number of ether oxygens (including phenoxy) is 1. The zero-order valence-electron chi connectivity index (χ0n) is 24.3. The van der Waals surface area contributed by atoms with E-state index in [0.717, 1.165) is 41.2 Å². The van der Waals surface area contributed by atoms with E-state index in [1.54, 1.807) is 13.1 Å². The monoisotopic (exact) mass is 609 g/mol. The summed E-state index contributed by atoms with van der Waals surface area (Å²) >= 11 is 0. The molecule has 1 saturated carbocycles. The van der Waals surface area contributed by atoms with Crippen molar-refractivity contribution in [3.05, 3.63) is 54.4 Å². The van der Waals surface area contributed by atoms with Gasteiger partial charge in [0.15, 0.2) is 0 Å². The lowest BCUT2D eigenvalue weighted by Crippen LogP contribution is -2.65. The van der Waals surface area contributed by atoms with Gasteiger partial charge in [-0.15, -0.1) is 0 Å². The van der Waals surface area contributed by atoms with Crippen LogP contribution in [0.15, 0.2) is 43.1 Å². The molecule has 11 nitrogen and oxygen atoms in total. The van der Waals surface area contributed by atoms with Crippen molar-refractivity contribution < 1.29 is 23.0 Å².